The molecule has 9 nitrogen and oxygen atoms in total. The zero-order chi connectivity index (χ0) is 26.2. The fourth-order valence-corrected chi connectivity index (χ4v) is 3.24. The molecule has 0 aromatic heterocycles. The van der Waals surface area contributed by atoms with Crippen molar-refractivity contribution in [3.8, 4) is 5.75 Å². The van der Waals surface area contributed by atoms with E-state index in [-0.39, 0.29) is 19.3 Å². The Morgan fingerprint density at radius 2 is 1.60 bits per heavy atom. The highest BCUT2D eigenvalue weighted by molar-refractivity contribution is 8.20. The van der Waals surface area contributed by atoms with Gasteiger partial charge in [0.25, 0.3) is 0 Å². The van der Waals surface area contributed by atoms with Gasteiger partial charge in [0.15, 0.2) is 0 Å². The minimum atomic E-state index is -5.72. The van der Waals surface area contributed by atoms with E-state index in [4.69, 9.17) is 13.8 Å². The number of hydrogen-bond donors (Lipinski definition) is 2. The van der Waals surface area contributed by atoms with Crippen molar-refractivity contribution in [2.24, 2.45) is 0 Å². The summed E-state index contributed by atoms with van der Waals surface area (Å²) in [4.78, 5) is 34.7. The Morgan fingerprint density at radius 3 is 2.26 bits per heavy atom. The summed E-state index contributed by atoms with van der Waals surface area (Å²) in [5, 5.41) is -3.07. The highest BCUT2D eigenvalue weighted by Gasteiger charge is 2.49. The third-order valence-corrected chi connectivity index (χ3v) is 6.00. The van der Waals surface area contributed by atoms with Gasteiger partial charge in [0, 0.05) is 12.8 Å². The molecule has 0 fully saturated rings. The van der Waals surface area contributed by atoms with E-state index in [9.17, 15) is 27.7 Å². The quantitative estimate of drug-likeness (QED) is 0.226. The molecule has 0 radical (unpaired) electrons. The highest BCUT2D eigenvalue weighted by Crippen LogP contribution is 2.51. The highest BCUT2D eigenvalue weighted by atomic mass is 32.3. The monoisotopic (exact) mass is 517 g/mol. The molecular weight excluding hydrogens is 490 g/mol. The number of alkyl halides is 2. The third kappa shape index (κ3) is 8.13. The van der Waals surface area contributed by atoms with Crippen molar-refractivity contribution in [1.29, 1.82) is 0 Å². The summed E-state index contributed by atoms with van der Waals surface area (Å²) in [6, 6.07) is 11.4. The normalized spacial score (nSPS) is 13.2. The van der Waals surface area contributed by atoms with Gasteiger partial charge in [0.1, 0.15) is 19.0 Å². The van der Waals surface area contributed by atoms with Crippen molar-refractivity contribution in [1.82, 2.24) is 0 Å². The first-order valence-corrected chi connectivity index (χ1v) is 12.3. The van der Waals surface area contributed by atoms with Gasteiger partial charge >= 0.3 is 23.2 Å². The number of carbonyl (C=O) groups is 3. The average molecular weight is 518 g/mol. The lowest BCUT2D eigenvalue weighted by Crippen LogP contribution is -2.36. The van der Waals surface area contributed by atoms with E-state index in [1.807, 2.05) is 18.2 Å². The summed E-state index contributed by atoms with van der Waals surface area (Å²) in [6.07, 6.45) is 0.859. The minimum absolute atomic E-state index is 0.0807. The van der Waals surface area contributed by atoms with Crippen molar-refractivity contribution in [3.05, 3.63) is 42.0 Å². The Hall–Kier alpha value is -2.80. The van der Waals surface area contributed by atoms with Crippen LogP contribution in [0.1, 0.15) is 51.0 Å². The van der Waals surface area contributed by atoms with E-state index in [0.717, 1.165) is 17.2 Å². The number of benzene rings is 2. The second kappa shape index (κ2) is 12.2. The van der Waals surface area contributed by atoms with E-state index in [2.05, 4.69) is 29.4 Å². The van der Waals surface area contributed by atoms with Gasteiger partial charge < -0.3 is 27.9 Å². The first-order valence-electron chi connectivity index (χ1n) is 10.8. The molecule has 2 aromatic carbocycles. The smallest absolute Gasteiger partial charge is 0.402 e. The van der Waals surface area contributed by atoms with Crippen LogP contribution in [0.3, 0.4) is 0 Å². The number of rotatable bonds is 12. The van der Waals surface area contributed by atoms with Crippen LogP contribution in [0.15, 0.2) is 36.4 Å². The SMILES string of the molecule is CCC(C)c1ccc2cc(OC(=O)CCCC(=O)OCCOC(=O)C(F)(F)S([O-])(O)O)ccc2c1. The van der Waals surface area contributed by atoms with Gasteiger partial charge in [-0.15, -0.1) is 0 Å². The maximum absolute atomic E-state index is 13.0. The molecule has 0 heterocycles. The van der Waals surface area contributed by atoms with Crippen LogP contribution in [-0.4, -0.2) is 50.0 Å². The fourth-order valence-electron chi connectivity index (χ4n) is 2.96. The molecule has 2 N–H and O–H groups in total. The standard InChI is InChI=1S/C23H28F2O9S/c1-3-15(2)16-7-8-18-14-19(10-9-17(18)13-16)34-21(27)6-4-5-20(26)32-11-12-33-22(28)23(24,25)35(29,30)31/h7-10,13-15,29-31H,3-6,11-12H2,1-2H3/p-1. The molecule has 35 heavy (non-hydrogen) atoms. The van der Waals surface area contributed by atoms with Crippen LogP contribution < -0.4 is 4.74 Å². The number of ether oxygens (including phenoxy) is 3. The lowest BCUT2D eigenvalue weighted by Gasteiger charge is -2.38. The number of hydrogen-bond acceptors (Lipinski definition) is 9. The summed E-state index contributed by atoms with van der Waals surface area (Å²) in [7, 11) is -5.72. The molecule has 194 valence electrons. The molecule has 0 aliphatic rings. The Labute approximate surface area is 202 Å². The maximum atomic E-state index is 13.0. The molecule has 0 aliphatic heterocycles. The van der Waals surface area contributed by atoms with Crippen LogP contribution in [0.4, 0.5) is 8.78 Å². The van der Waals surface area contributed by atoms with Crippen molar-refractivity contribution >= 4 is 39.6 Å². The van der Waals surface area contributed by atoms with E-state index in [1.165, 1.54) is 5.56 Å². The van der Waals surface area contributed by atoms with Crippen LogP contribution in [-0.2, 0) is 23.9 Å². The van der Waals surface area contributed by atoms with Crippen LogP contribution >= 0.6 is 10.9 Å². The Kier molecular flexibility index (Phi) is 9.95. The van der Waals surface area contributed by atoms with Crippen LogP contribution in [0.5, 0.6) is 5.75 Å². The van der Waals surface area contributed by atoms with Gasteiger partial charge in [-0.1, -0.05) is 38.1 Å². The molecule has 0 aliphatic carbocycles. The molecular formula is C23H27F2O9S-. The first kappa shape index (κ1) is 28.4. The van der Waals surface area contributed by atoms with Gasteiger partial charge in [-0.25, -0.2) is 4.79 Å². The molecule has 0 bridgehead atoms. The van der Waals surface area contributed by atoms with Gasteiger partial charge in [-0.3, -0.25) is 9.59 Å². The summed E-state index contributed by atoms with van der Waals surface area (Å²) >= 11 is 0. The largest absolute Gasteiger partial charge is 0.768 e. The lowest BCUT2D eigenvalue weighted by atomic mass is 9.96. The number of fused-ring (bicyclic) bond motifs is 1. The molecule has 0 saturated heterocycles. The van der Waals surface area contributed by atoms with Gasteiger partial charge in [-0.2, -0.15) is 8.78 Å². The Balaban J connectivity index is 1.70. The van der Waals surface area contributed by atoms with Crippen molar-refractivity contribution in [3.63, 3.8) is 0 Å². The second-order valence-corrected chi connectivity index (χ2v) is 9.28. The molecule has 1 unspecified atom stereocenters. The van der Waals surface area contributed by atoms with Gasteiger partial charge in [0.05, 0.1) is 0 Å². The third-order valence-electron chi connectivity index (χ3n) is 5.16. The maximum Gasteiger partial charge on any atom is 0.402 e. The number of esters is 3. The second-order valence-electron chi connectivity index (χ2n) is 7.78. The lowest BCUT2D eigenvalue weighted by molar-refractivity contribution is -0.166. The molecule has 0 saturated carbocycles. The van der Waals surface area contributed by atoms with E-state index in [1.54, 1.807) is 12.1 Å². The van der Waals surface area contributed by atoms with Crippen LogP contribution in [0.2, 0.25) is 0 Å². The van der Waals surface area contributed by atoms with Crippen molar-refractivity contribution < 1.29 is 51.0 Å². The Morgan fingerprint density at radius 1 is 1.00 bits per heavy atom. The summed E-state index contributed by atoms with van der Waals surface area (Å²) in [6.45, 7) is 2.85. The van der Waals surface area contributed by atoms with Crippen molar-refractivity contribution in [2.75, 3.05) is 13.2 Å². The number of carbonyl (C=O) groups excluding carboxylic acids is 3. The molecule has 12 heteroatoms. The van der Waals surface area contributed by atoms with Gasteiger partial charge in [-0.05, 0) is 58.1 Å². The predicted molar refractivity (Wildman–Crippen MR) is 123 cm³/mol. The molecule has 2 rings (SSSR count). The van der Waals surface area contributed by atoms with E-state index in [0.29, 0.717) is 11.7 Å². The summed E-state index contributed by atoms with van der Waals surface area (Å²) in [5.41, 5.74) is 1.23. The van der Waals surface area contributed by atoms with Gasteiger partial charge in [0.2, 0.25) is 0 Å². The molecule has 0 amide bonds. The van der Waals surface area contributed by atoms with Crippen molar-refractivity contribution in [2.45, 2.75) is 50.7 Å². The Bertz CT molecular complexity index is 1050. The molecule has 1 atom stereocenters. The topological polar surface area (TPSA) is 142 Å². The van der Waals surface area contributed by atoms with E-state index >= 15 is 0 Å². The average Bonchev–Trinajstić information content (AvgIpc) is 2.80. The molecule has 2 aromatic rings. The predicted octanol–water partition coefficient (Wildman–Crippen LogP) is 4.99. The van der Waals surface area contributed by atoms with E-state index < -0.39 is 47.2 Å². The van der Waals surface area contributed by atoms with Crippen LogP contribution in [0.25, 0.3) is 10.8 Å². The zero-order valence-corrected chi connectivity index (χ0v) is 20.0. The minimum Gasteiger partial charge on any atom is -0.768 e. The summed E-state index contributed by atoms with van der Waals surface area (Å²) in [5.74, 6) is -2.96. The molecule has 0 spiro atoms. The summed E-state index contributed by atoms with van der Waals surface area (Å²) < 4.78 is 67.4. The zero-order valence-electron chi connectivity index (χ0n) is 19.2. The van der Waals surface area contributed by atoms with Crippen LogP contribution in [0, 0.1) is 0 Å². The first-order chi connectivity index (χ1) is 16.3. The number of halogens is 2. The fraction of sp³-hybridized carbons (Fsp3) is 0.435.